The van der Waals surface area contributed by atoms with E-state index in [0.29, 0.717) is 11.7 Å². The highest BCUT2D eigenvalue weighted by molar-refractivity contribution is 7.14. The lowest BCUT2D eigenvalue weighted by Crippen LogP contribution is -2.41. The number of carbonyl (C=O) groups excluding carboxylic acids is 1. The monoisotopic (exact) mass is 472 g/mol. The van der Waals surface area contributed by atoms with Crippen molar-refractivity contribution >= 4 is 28.2 Å². The van der Waals surface area contributed by atoms with Crippen molar-refractivity contribution in [1.82, 2.24) is 19.9 Å². The zero-order valence-electron chi connectivity index (χ0n) is 18.7. The van der Waals surface area contributed by atoms with Gasteiger partial charge in [0.15, 0.2) is 5.13 Å². The molecule has 3 aromatic heterocycles. The maximum absolute atomic E-state index is 13.0. The van der Waals surface area contributed by atoms with E-state index < -0.39 is 0 Å². The number of amides is 1. The molecule has 1 atom stereocenters. The van der Waals surface area contributed by atoms with Crippen molar-refractivity contribution in [3.63, 3.8) is 0 Å². The van der Waals surface area contributed by atoms with E-state index in [0.717, 1.165) is 53.5 Å². The Morgan fingerprint density at radius 3 is 2.82 bits per heavy atom. The van der Waals surface area contributed by atoms with Crippen LogP contribution in [0, 0.1) is 5.92 Å². The van der Waals surface area contributed by atoms with Crippen molar-refractivity contribution in [3.8, 4) is 28.3 Å². The number of nitrogens with zero attached hydrogens (tertiary/aromatic N) is 5. The molecule has 8 nitrogen and oxygen atoms in total. The maximum atomic E-state index is 13.0. The number of hydrogen-bond donors (Lipinski definition) is 1. The second kappa shape index (κ2) is 9.96. The Morgan fingerprint density at radius 1 is 1.15 bits per heavy atom. The van der Waals surface area contributed by atoms with Crippen LogP contribution in [0.3, 0.4) is 0 Å². The molecule has 4 aromatic rings. The van der Waals surface area contributed by atoms with E-state index in [9.17, 15) is 4.79 Å². The Morgan fingerprint density at radius 2 is 2.03 bits per heavy atom. The third-order valence-electron chi connectivity index (χ3n) is 5.85. The number of anilines is 2. The van der Waals surface area contributed by atoms with Gasteiger partial charge in [0.25, 0.3) is 0 Å². The molecular weight excluding hydrogens is 448 g/mol. The number of piperidine rings is 1. The average Bonchev–Trinajstić information content (AvgIpc) is 3.38. The number of ether oxygens (including phenoxy) is 1. The van der Waals surface area contributed by atoms with Crippen molar-refractivity contribution < 1.29 is 9.53 Å². The minimum Gasteiger partial charge on any atom is -0.497 e. The zero-order chi connectivity index (χ0) is 23.3. The van der Waals surface area contributed by atoms with Crippen molar-refractivity contribution in [1.29, 1.82) is 0 Å². The molecule has 1 amide bonds. The summed E-state index contributed by atoms with van der Waals surface area (Å²) in [5, 5.41) is 5.53. The Labute approximate surface area is 201 Å². The second-order valence-electron chi connectivity index (χ2n) is 8.04. The minimum absolute atomic E-state index is 0.0128. The first-order valence-electron chi connectivity index (χ1n) is 11.1. The first-order valence-corrected chi connectivity index (χ1v) is 12.0. The Hall–Kier alpha value is -3.85. The molecule has 172 valence electrons. The molecule has 1 N–H and O–H groups in total. The molecule has 0 aliphatic carbocycles. The molecule has 9 heteroatoms. The lowest BCUT2D eigenvalue weighted by atomic mass is 9.97. The van der Waals surface area contributed by atoms with Crippen LogP contribution in [0.25, 0.3) is 22.5 Å². The summed E-state index contributed by atoms with van der Waals surface area (Å²) >= 11 is 1.42. The molecular formula is C25H24N6O2S. The molecule has 1 aromatic carbocycles. The molecule has 1 unspecified atom stereocenters. The van der Waals surface area contributed by atoms with Gasteiger partial charge < -0.3 is 15.0 Å². The SMILES string of the molecule is COc1ccc(-c2cc(N3CCCC(C(=O)Nc4nc(-c5cccnc5)cs4)C3)ncn2)cc1. The van der Waals surface area contributed by atoms with Crippen LogP contribution in [0.1, 0.15) is 12.8 Å². The van der Waals surface area contributed by atoms with Crippen LogP contribution in [0.5, 0.6) is 5.75 Å². The van der Waals surface area contributed by atoms with Crippen LogP contribution in [-0.4, -0.2) is 46.0 Å². The summed E-state index contributed by atoms with van der Waals surface area (Å²) in [6, 6.07) is 13.6. The number of aromatic nitrogens is 4. The van der Waals surface area contributed by atoms with Gasteiger partial charge in [0.2, 0.25) is 5.91 Å². The van der Waals surface area contributed by atoms with E-state index >= 15 is 0 Å². The van der Waals surface area contributed by atoms with Crippen LogP contribution < -0.4 is 15.0 Å². The van der Waals surface area contributed by atoms with Crippen molar-refractivity contribution in [2.75, 3.05) is 30.4 Å². The fourth-order valence-corrected chi connectivity index (χ4v) is 4.75. The normalized spacial score (nSPS) is 15.7. The topological polar surface area (TPSA) is 93.1 Å². The number of nitrogens with one attached hydrogen (secondary N) is 1. The molecule has 5 rings (SSSR count). The van der Waals surface area contributed by atoms with Crippen LogP contribution in [-0.2, 0) is 4.79 Å². The predicted molar refractivity (Wildman–Crippen MR) is 133 cm³/mol. The molecule has 1 aliphatic rings. The minimum atomic E-state index is -0.140. The summed E-state index contributed by atoms with van der Waals surface area (Å²) in [6.07, 6.45) is 6.82. The van der Waals surface area contributed by atoms with Gasteiger partial charge in [-0.15, -0.1) is 11.3 Å². The van der Waals surface area contributed by atoms with E-state index in [2.05, 4.69) is 30.2 Å². The number of carbonyl (C=O) groups is 1. The third-order valence-corrected chi connectivity index (χ3v) is 6.60. The van der Waals surface area contributed by atoms with Gasteiger partial charge in [-0.2, -0.15) is 0 Å². The first kappa shape index (κ1) is 22.0. The van der Waals surface area contributed by atoms with Crippen molar-refractivity contribution in [2.24, 2.45) is 5.92 Å². The first-order chi connectivity index (χ1) is 16.7. The molecule has 0 saturated carbocycles. The van der Waals surface area contributed by atoms with Gasteiger partial charge in [0.1, 0.15) is 17.9 Å². The van der Waals surface area contributed by atoms with Crippen LogP contribution in [0.4, 0.5) is 10.9 Å². The average molecular weight is 473 g/mol. The standard InChI is InChI=1S/C25H24N6O2S/c1-33-20-8-6-17(7-9-20)21-12-23(28-16-27-21)31-11-3-5-19(14-31)24(32)30-25-29-22(15-34-25)18-4-2-10-26-13-18/h2,4,6-10,12-13,15-16,19H,3,5,11,14H2,1H3,(H,29,30,32). The zero-order valence-corrected chi connectivity index (χ0v) is 19.5. The summed E-state index contributed by atoms with van der Waals surface area (Å²) in [5.41, 5.74) is 3.57. The van der Waals surface area contributed by atoms with E-state index in [4.69, 9.17) is 4.74 Å². The van der Waals surface area contributed by atoms with Crippen LogP contribution in [0.15, 0.2) is 66.6 Å². The van der Waals surface area contributed by atoms with E-state index in [1.165, 1.54) is 11.3 Å². The van der Waals surface area contributed by atoms with E-state index in [1.807, 2.05) is 47.8 Å². The molecule has 4 heterocycles. The molecule has 1 aliphatic heterocycles. The fraction of sp³-hybridized carbons (Fsp3) is 0.240. The van der Waals surface area contributed by atoms with Gasteiger partial charge in [-0.05, 0) is 49.2 Å². The lowest BCUT2D eigenvalue weighted by Gasteiger charge is -2.32. The van der Waals surface area contributed by atoms with Crippen LogP contribution >= 0.6 is 11.3 Å². The summed E-state index contributed by atoms with van der Waals surface area (Å²) < 4.78 is 5.24. The van der Waals surface area contributed by atoms with Crippen molar-refractivity contribution in [3.05, 3.63) is 66.6 Å². The van der Waals surface area contributed by atoms with E-state index in [-0.39, 0.29) is 11.8 Å². The smallest absolute Gasteiger partial charge is 0.231 e. The summed E-state index contributed by atoms with van der Waals surface area (Å²) in [6.45, 7) is 1.46. The van der Waals surface area contributed by atoms with Gasteiger partial charge >= 0.3 is 0 Å². The fourth-order valence-electron chi connectivity index (χ4n) is 4.02. The Kier molecular flexibility index (Phi) is 6.44. The summed E-state index contributed by atoms with van der Waals surface area (Å²) in [5.74, 6) is 1.47. The summed E-state index contributed by atoms with van der Waals surface area (Å²) in [7, 11) is 1.65. The number of methoxy groups -OCH3 is 1. The highest BCUT2D eigenvalue weighted by Gasteiger charge is 2.27. The molecule has 1 saturated heterocycles. The van der Waals surface area contributed by atoms with Crippen LogP contribution in [0.2, 0.25) is 0 Å². The highest BCUT2D eigenvalue weighted by Crippen LogP contribution is 2.28. The third kappa shape index (κ3) is 4.89. The quantitative estimate of drug-likeness (QED) is 0.441. The maximum Gasteiger partial charge on any atom is 0.231 e. The number of rotatable bonds is 6. The van der Waals surface area contributed by atoms with Gasteiger partial charge in [0, 0.05) is 48.1 Å². The predicted octanol–water partition coefficient (Wildman–Crippen LogP) is 4.53. The molecule has 34 heavy (non-hydrogen) atoms. The molecule has 0 bridgehead atoms. The Bertz CT molecular complexity index is 1260. The molecule has 0 radical (unpaired) electrons. The number of benzene rings is 1. The summed E-state index contributed by atoms with van der Waals surface area (Å²) in [4.78, 5) is 32.8. The van der Waals surface area contributed by atoms with Gasteiger partial charge in [-0.1, -0.05) is 0 Å². The highest BCUT2D eigenvalue weighted by atomic mass is 32.1. The van der Waals surface area contributed by atoms with Gasteiger partial charge in [-0.25, -0.2) is 15.0 Å². The number of thiazole rings is 1. The number of pyridine rings is 1. The number of hydrogen-bond acceptors (Lipinski definition) is 8. The lowest BCUT2D eigenvalue weighted by molar-refractivity contribution is -0.120. The van der Waals surface area contributed by atoms with Gasteiger partial charge in [0.05, 0.1) is 24.4 Å². The van der Waals surface area contributed by atoms with Gasteiger partial charge in [-0.3, -0.25) is 9.78 Å². The molecule has 1 fully saturated rings. The van der Waals surface area contributed by atoms with Crippen molar-refractivity contribution in [2.45, 2.75) is 12.8 Å². The second-order valence-corrected chi connectivity index (χ2v) is 8.90. The Balaban J connectivity index is 1.26. The molecule has 0 spiro atoms. The van der Waals surface area contributed by atoms with E-state index in [1.54, 1.807) is 25.8 Å². The largest absolute Gasteiger partial charge is 0.497 e.